The number of carbonyl (C=O) groups excluding carboxylic acids is 3. The summed E-state index contributed by atoms with van der Waals surface area (Å²) in [5.74, 6) is -0.539. The van der Waals surface area contributed by atoms with Crippen molar-refractivity contribution < 1.29 is 19.1 Å². The minimum atomic E-state index is -0.290. The minimum absolute atomic E-state index is 0.0303. The number of amides is 2. The van der Waals surface area contributed by atoms with Crippen molar-refractivity contribution in [3.05, 3.63) is 65.2 Å². The average Bonchev–Trinajstić information content (AvgIpc) is 2.62. The molecule has 0 saturated heterocycles. The van der Waals surface area contributed by atoms with Crippen LogP contribution >= 0.6 is 0 Å². The van der Waals surface area contributed by atoms with Crippen LogP contribution in [-0.4, -0.2) is 37.9 Å². The van der Waals surface area contributed by atoms with Gasteiger partial charge in [0.25, 0.3) is 11.8 Å². The van der Waals surface area contributed by atoms with Gasteiger partial charge >= 0.3 is 0 Å². The van der Waals surface area contributed by atoms with Gasteiger partial charge in [0.2, 0.25) is 0 Å². The van der Waals surface area contributed by atoms with Crippen molar-refractivity contribution in [2.75, 3.05) is 25.6 Å². The fourth-order valence-corrected chi connectivity index (χ4v) is 2.13. The van der Waals surface area contributed by atoms with E-state index in [4.69, 9.17) is 4.74 Å². The lowest BCUT2D eigenvalue weighted by Crippen LogP contribution is -2.26. The number of methoxy groups -OCH3 is 1. The van der Waals surface area contributed by atoms with Crippen molar-refractivity contribution >= 4 is 23.3 Å². The van der Waals surface area contributed by atoms with Gasteiger partial charge in [0.15, 0.2) is 5.78 Å². The van der Waals surface area contributed by atoms with E-state index < -0.39 is 0 Å². The first-order chi connectivity index (χ1) is 12.0. The molecular weight excluding hydrogens is 320 g/mol. The second-order valence-electron chi connectivity index (χ2n) is 5.41. The van der Waals surface area contributed by atoms with Crippen molar-refractivity contribution in [3.8, 4) is 0 Å². The van der Waals surface area contributed by atoms with Crippen molar-refractivity contribution in [3.63, 3.8) is 0 Å². The van der Waals surface area contributed by atoms with Crippen LogP contribution in [0.2, 0.25) is 0 Å². The van der Waals surface area contributed by atoms with Gasteiger partial charge in [0, 0.05) is 36.0 Å². The molecule has 2 rings (SSSR count). The number of benzene rings is 2. The summed E-state index contributed by atoms with van der Waals surface area (Å²) < 4.78 is 4.87. The Kier molecular flexibility index (Phi) is 6.42. The summed E-state index contributed by atoms with van der Waals surface area (Å²) in [4.78, 5) is 35.4. The molecule has 130 valence electrons. The number of nitrogens with one attached hydrogen (secondary N) is 2. The minimum Gasteiger partial charge on any atom is -0.383 e. The van der Waals surface area contributed by atoms with Gasteiger partial charge in [-0.05, 0) is 55.5 Å². The van der Waals surface area contributed by atoms with Gasteiger partial charge in [0.05, 0.1) is 6.61 Å². The van der Waals surface area contributed by atoms with Gasteiger partial charge in [-0.3, -0.25) is 14.4 Å². The van der Waals surface area contributed by atoms with Crippen LogP contribution in [-0.2, 0) is 4.74 Å². The van der Waals surface area contributed by atoms with Crippen molar-refractivity contribution in [1.82, 2.24) is 5.32 Å². The first-order valence-corrected chi connectivity index (χ1v) is 7.81. The van der Waals surface area contributed by atoms with Gasteiger partial charge in [-0.2, -0.15) is 0 Å². The number of rotatable bonds is 7. The molecule has 0 radical (unpaired) electrons. The Labute approximate surface area is 146 Å². The van der Waals surface area contributed by atoms with Gasteiger partial charge in [-0.25, -0.2) is 0 Å². The number of ketones is 1. The van der Waals surface area contributed by atoms with Crippen molar-refractivity contribution in [2.45, 2.75) is 6.92 Å². The van der Waals surface area contributed by atoms with E-state index in [1.54, 1.807) is 55.6 Å². The molecule has 6 heteroatoms. The van der Waals surface area contributed by atoms with Gasteiger partial charge in [0.1, 0.15) is 0 Å². The Morgan fingerprint density at radius 1 is 0.840 bits per heavy atom. The summed E-state index contributed by atoms with van der Waals surface area (Å²) in [6, 6.07) is 13.0. The van der Waals surface area contributed by atoms with E-state index in [-0.39, 0.29) is 17.6 Å². The van der Waals surface area contributed by atoms with Crippen LogP contribution in [0, 0.1) is 0 Å². The molecule has 0 aliphatic rings. The summed E-state index contributed by atoms with van der Waals surface area (Å²) in [6.07, 6.45) is 0. The van der Waals surface area contributed by atoms with Crippen LogP contribution in [0.25, 0.3) is 0 Å². The SMILES string of the molecule is COCCNC(=O)c1ccc(C(=O)Nc2ccc(C(C)=O)cc2)cc1. The number of hydrogen-bond donors (Lipinski definition) is 2. The summed E-state index contributed by atoms with van der Waals surface area (Å²) in [5.41, 5.74) is 2.08. The van der Waals surface area contributed by atoms with E-state index in [0.717, 1.165) is 0 Å². The van der Waals surface area contributed by atoms with E-state index in [9.17, 15) is 14.4 Å². The Bertz CT molecular complexity index is 752. The zero-order valence-corrected chi connectivity index (χ0v) is 14.2. The van der Waals surface area contributed by atoms with Crippen LogP contribution in [0.1, 0.15) is 38.0 Å². The summed E-state index contributed by atoms with van der Waals surface area (Å²) in [5, 5.41) is 5.46. The van der Waals surface area contributed by atoms with E-state index in [1.165, 1.54) is 6.92 Å². The molecule has 0 heterocycles. The second kappa shape index (κ2) is 8.75. The number of ether oxygens (including phenoxy) is 1. The van der Waals surface area contributed by atoms with E-state index in [2.05, 4.69) is 10.6 Å². The zero-order chi connectivity index (χ0) is 18.2. The number of carbonyl (C=O) groups is 3. The van der Waals surface area contributed by atoms with Crippen molar-refractivity contribution in [2.24, 2.45) is 0 Å². The molecular formula is C19H20N2O4. The number of hydrogen-bond acceptors (Lipinski definition) is 4. The highest BCUT2D eigenvalue weighted by atomic mass is 16.5. The molecule has 0 fully saturated rings. The molecule has 2 aromatic rings. The third-order valence-electron chi connectivity index (χ3n) is 3.55. The van der Waals surface area contributed by atoms with Crippen LogP contribution in [0.15, 0.2) is 48.5 Å². The molecule has 2 aromatic carbocycles. The van der Waals surface area contributed by atoms with E-state index >= 15 is 0 Å². The second-order valence-corrected chi connectivity index (χ2v) is 5.41. The predicted molar refractivity (Wildman–Crippen MR) is 95.1 cm³/mol. The molecule has 0 atom stereocenters. The quantitative estimate of drug-likeness (QED) is 0.599. The largest absolute Gasteiger partial charge is 0.383 e. The van der Waals surface area contributed by atoms with Crippen molar-refractivity contribution in [1.29, 1.82) is 0 Å². The maximum absolute atomic E-state index is 12.2. The first kappa shape index (κ1) is 18.4. The topological polar surface area (TPSA) is 84.5 Å². The monoisotopic (exact) mass is 340 g/mol. The molecule has 0 bridgehead atoms. The Hall–Kier alpha value is -2.99. The molecule has 0 saturated carbocycles. The summed E-state index contributed by atoms with van der Waals surface area (Å²) in [7, 11) is 1.56. The Morgan fingerprint density at radius 3 is 1.88 bits per heavy atom. The molecule has 6 nitrogen and oxygen atoms in total. The lowest BCUT2D eigenvalue weighted by atomic mass is 10.1. The predicted octanol–water partition coefficient (Wildman–Crippen LogP) is 2.52. The molecule has 0 aliphatic heterocycles. The molecule has 2 amide bonds. The lowest BCUT2D eigenvalue weighted by molar-refractivity contribution is 0.0935. The highest BCUT2D eigenvalue weighted by molar-refractivity contribution is 6.05. The standard InChI is InChI=1S/C19H20N2O4/c1-13(22)14-7-9-17(10-8-14)21-19(24)16-5-3-15(4-6-16)18(23)20-11-12-25-2/h3-10H,11-12H2,1-2H3,(H,20,23)(H,21,24). The molecule has 25 heavy (non-hydrogen) atoms. The average molecular weight is 340 g/mol. The summed E-state index contributed by atoms with van der Waals surface area (Å²) >= 11 is 0. The van der Waals surface area contributed by atoms with Gasteiger partial charge < -0.3 is 15.4 Å². The number of Topliss-reactive ketones (excluding diaryl/α,β-unsaturated/α-hetero) is 1. The van der Waals surface area contributed by atoms with Crippen LogP contribution in [0.4, 0.5) is 5.69 Å². The lowest BCUT2D eigenvalue weighted by Gasteiger charge is -2.07. The fourth-order valence-electron chi connectivity index (χ4n) is 2.13. The zero-order valence-electron chi connectivity index (χ0n) is 14.2. The maximum atomic E-state index is 12.2. The third-order valence-corrected chi connectivity index (χ3v) is 3.55. The van der Waals surface area contributed by atoms with Crippen LogP contribution < -0.4 is 10.6 Å². The molecule has 0 spiro atoms. The Morgan fingerprint density at radius 2 is 1.36 bits per heavy atom. The third kappa shape index (κ3) is 5.26. The molecule has 0 unspecified atom stereocenters. The first-order valence-electron chi connectivity index (χ1n) is 7.81. The van der Waals surface area contributed by atoms with Crippen LogP contribution in [0.3, 0.4) is 0 Å². The maximum Gasteiger partial charge on any atom is 0.255 e. The van der Waals surface area contributed by atoms with Gasteiger partial charge in [-0.1, -0.05) is 0 Å². The number of anilines is 1. The molecule has 0 aliphatic carbocycles. The molecule has 0 aromatic heterocycles. The molecule has 2 N–H and O–H groups in total. The van der Waals surface area contributed by atoms with E-state index in [0.29, 0.717) is 35.5 Å². The fraction of sp³-hybridized carbons (Fsp3) is 0.211. The Balaban J connectivity index is 1.97. The highest BCUT2D eigenvalue weighted by Gasteiger charge is 2.09. The smallest absolute Gasteiger partial charge is 0.255 e. The van der Waals surface area contributed by atoms with Crippen LogP contribution in [0.5, 0.6) is 0 Å². The summed E-state index contributed by atoms with van der Waals surface area (Å²) in [6.45, 7) is 2.35. The van der Waals surface area contributed by atoms with E-state index in [1.807, 2.05) is 0 Å². The van der Waals surface area contributed by atoms with Gasteiger partial charge in [-0.15, -0.1) is 0 Å². The normalized spacial score (nSPS) is 10.2. The highest BCUT2D eigenvalue weighted by Crippen LogP contribution is 2.12.